The van der Waals surface area contributed by atoms with E-state index in [1.165, 1.54) is 7.11 Å². The van der Waals surface area contributed by atoms with Crippen molar-refractivity contribution in [1.82, 2.24) is 25.0 Å². The predicted molar refractivity (Wildman–Crippen MR) is 124 cm³/mol. The molecule has 186 valence electrons. The lowest BCUT2D eigenvalue weighted by Crippen LogP contribution is -2.45. The molecule has 0 unspecified atom stereocenters. The van der Waals surface area contributed by atoms with Gasteiger partial charge in [-0.2, -0.15) is 5.10 Å². The van der Waals surface area contributed by atoms with Crippen LogP contribution < -0.4 is 5.32 Å². The van der Waals surface area contributed by atoms with E-state index in [1.54, 1.807) is 0 Å². The molecule has 0 spiro atoms. The van der Waals surface area contributed by atoms with Gasteiger partial charge in [-0.25, -0.2) is 14.5 Å². The third-order valence-electron chi connectivity index (χ3n) is 6.64. The molecule has 2 aromatic heterocycles. The topological polar surface area (TPSA) is 98.6 Å². The van der Waals surface area contributed by atoms with Crippen LogP contribution in [0.4, 0.5) is 9.18 Å². The molecular weight excluding hydrogens is 441 g/mol. The number of alkyl halides is 1. The highest BCUT2D eigenvalue weighted by Gasteiger charge is 2.41. The first-order chi connectivity index (χ1) is 16.4. The van der Waals surface area contributed by atoms with Crippen LogP contribution in [0.1, 0.15) is 56.5 Å². The van der Waals surface area contributed by atoms with E-state index in [9.17, 15) is 14.0 Å². The molecule has 0 bridgehead atoms. The molecule has 4 rings (SSSR count). The number of ether oxygens (including phenoxy) is 2. The van der Waals surface area contributed by atoms with Crippen LogP contribution in [-0.4, -0.2) is 70.7 Å². The monoisotopic (exact) mass is 475 g/mol. The molecular formula is C24H34FN5O4. The van der Waals surface area contributed by atoms with Gasteiger partial charge in [0.1, 0.15) is 6.10 Å². The molecule has 10 heteroatoms. The number of halogens is 1. The third-order valence-corrected chi connectivity index (χ3v) is 6.64. The minimum atomic E-state index is -0.524. The fourth-order valence-electron chi connectivity index (χ4n) is 4.59. The number of pyridine rings is 1. The highest BCUT2D eigenvalue weighted by molar-refractivity contribution is 5.84. The van der Waals surface area contributed by atoms with E-state index in [2.05, 4.69) is 10.1 Å². The number of carbonyl (C=O) groups is 2. The lowest BCUT2D eigenvalue weighted by molar-refractivity contribution is -0.152. The Morgan fingerprint density at radius 2 is 2.12 bits per heavy atom. The Morgan fingerprint density at radius 3 is 2.76 bits per heavy atom. The molecule has 0 radical (unpaired) electrons. The molecule has 1 saturated carbocycles. The fourth-order valence-corrected chi connectivity index (χ4v) is 4.59. The van der Waals surface area contributed by atoms with Gasteiger partial charge in [-0.1, -0.05) is 0 Å². The van der Waals surface area contributed by atoms with Crippen LogP contribution in [0.2, 0.25) is 0 Å². The maximum Gasteiger partial charge on any atom is 0.406 e. The molecule has 1 aliphatic heterocycles. The number of amides is 2. The highest BCUT2D eigenvalue weighted by Crippen LogP contribution is 2.38. The van der Waals surface area contributed by atoms with Crippen molar-refractivity contribution in [2.75, 3.05) is 26.9 Å². The summed E-state index contributed by atoms with van der Waals surface area (Å²) in [7, 11) is 1.33. The molecule has 0 aromatic carbocycles. The average Bonchev–Trinajstić information content (AvgIpc) is 3.62. The minimum Gasteiger partial charge on any atom is -0.453 e. The molecule has 9 nitrogen and oxygen atoms in total. The van der Waals surface area contributed by atoms with E-state index in [4.69, 9.17) is 14.8 Å². The lowest BCUT2D eigenvalue weighted by atomic mass is 9.98. The summed E-state index contributed by atoms with van der Waals surface area (Å²) in [4.78, 5) is 31.4. The average molecular weight is 476 g/mol. The summed E-state index contributed by atoms with van der Waals surface area (Å²) in [6.45, 7) is 4.85. The van der Waals surface area contributed by atoms with Crippen LogP contribution >= 0.6 is 0 Å². The van der Waals surface area contributed by atoms with Gasteiger partial charge >= 0.3 is 6.09 Å². The van der Waals surface area contributed by atoms with Crippen LogP contribution in [0.15, 0.2) is 12.1 Å². The van der Waals surface area contributed by atoms with Crippen molar-refractivity contribution < 1.29 is 23.5 Å². The minimum absolute atomic E-state index is 0.0302. The van der Waals surface area contributed by atoms with Crippen molar-refractivity contribution >= 4 is 23.0 Å². The van der Waals surface area contributed by atoms with Gasteiger partial charge in [0.05, 0.1) is 32.1 Å². The number of hydrogen-bond donors (Lipinski definition) is 1. The first-order valence-corrected chi connectivity index (χ1v) is 12.1. The number of carbonyl (C=O) groups excluding carboxylic acids is 2. The van der Waals surface area contributed by atoms with Crippen molar-refractivity contribution in [3.05, 3.63) is 23.5 Å². The van der Waals surface area contributed by atoms with Crippen molar-refractivity contribution in [3.63, 3.8) is 0 Å². The SMILES string of the molecule is COC(=O)NCCCn1nc([C@@H](C)N(C(=O)[C@H]2CC[C@@H](CF)CO2)C2CC2)c2ccc(C)nc21. The van der Waals surface area contributed by atoms with Crippen LogP contribution in [0.5, 0.6) is 0 Å². The molecule has 2 aliphatic rings. The summed E-state index contributed by atoms with van der Waals surface area (Å²) < 4.78 is 25.2. The third kappa shape index (κ3) is 5.32. The standard InChI is InChI=1S/C24H34FN5O4/c1-15-5-9-19-21(28-29(22(19)27-15)12-4-11-26-24(32)33-3)16(2)30(18-7-8-18)23(31)20-10-6-17(13-25)14-34-20/h5,9,16-18,20H,4,6-8,10-14H2,1-3H3,(H,26,32)/t16-,17+,20-/m1/s1. The van der Waals surface area contributed by atoms with Crippen LogP contribution in [0.25, 0.3) is 11.0 Å². The Bertz CT molecular complexity index is 1020. The lowest BCUT2D eigenvalue weighted by Gasteiger charge is -2.34. The van der Waals surface area contributed by atoms with E-state index in [-0.39, 0.29) is 23.9 Å². The largest absolute Gasteiger partial charge is 0.453 e. The summed E-state index contributed by atoms with van der Waals surface area (Å²) in [5.41, 5.74) is 2.46. The normalized spacial score (nSPS) is 21.3. The predicted octanol–water partition coefficient (Wildman–Crippen LogP) is 3.30. The Balaban J connectivity index is 1.55. The maximum absolute atomic E-state index is 13.5. The Kier molecular flexibility index (Phi) is 7.65. The number of aromatic nitrogens is 3. The van der Waals surface area contributed by atoms with Gasteiger partial charge in [0.2, 0.25) is 0 Å². The van der Waals surface area contributed by atoms with E-state index in [1.807, 2.05) is 35.6 Å². The number of nitrogens with one attached hydrogen (secondary N) is 1. The number of aryl methyl sites for hydroxylation is 2. The molecule has 1 N–H and O–H groups in total. The van der Waals surface area contributed by atoms with Gasteiger partial charge < -0.3 is 19.7 Å². The zero-order valence-corrected chi connectivity index (χ0v) is 20.1. The zero-order valence-electron chi connectivity index (χ0n) is 20.1. The number of rotatable bonds is 9. The maximum atomic E-state index is 13.5. The molecule has 2 fully saturated rings. The first-order valence-electron chi connectivity index (χ1n) is 12.1. The van der Waals surface area contributed by atoms with E-state index in [0.717, 1.165) is 35.3 Å². The number of fused-ring (bicyclic) bond motifs is 1. The summed E-state index contributed by atoms with van der Waals surface area (Å²) in [5, 5.41) is 8.47. The Hall–Kier alpha value is -2.75. The number of nitrogens with zero attached hydrogens (tertiary/aromatic N) is 4. The Morgan fingerprint density at radius 1 is 1.32 bits per heavy atom. The van der Waals surface area contributed by atoms with Gasteiger partial charge in [-0.15, -0.1) is 0 Å². The van der Waals surface area contributed by atoms with Gasteiger partial charge in [-0.05, 0) is 58.1 Å². The van der Waals surface area contributed by atoms with Crippen LogP contribution in [-0.2, 0) is 20.8 Å². The number of alkyl carbamates (subject to hydrolysis) is 1. The second kappa shape index (κ2) is 10.7. The second-order valence-corrected chi connectivity index (χ2v) is 9.28. The summed E-state index contributed by atoms with van der Waals surface area (Å²) >= 11 is 0. The quantitative estimate of drug-likeness (QED) is 0.559. The first kappa shape index (κ1) is 24.4. The van der Waals surface area contributed by atoms with E-state index in [0.29, 0.717) is 39.0 Å². The van der Waals surface area contributed by atoms with Crippen LogP contribution in [0.3, 0.4) is 0 Å². The Labute approximate surface area is 199 Å². The summed E-state index contributed by atoms with van der Waals surface area (Å²) in [6.07, 6.45) is 2.81. The van der Waals surface area contributed by atoms with Gasteiger partial charge in [0.15, 0.2) is 5.65 Å². The fraction of sp³-hybridized carbons (Fsp3) is 0.667. The zero-order chi connectivity index (χ0) is 24.2. The summed E-state index contributed by atoms with van der Waals surface area (Å²) in [6, 6.07) is 3.89. The van der Waals surface area contributed by atoms with Crippen LogP contribution in [0, 0.1) is 12.8 Å². The highest BCUT2D eigenvalue weighted by atomic mass is 19.1. The van der Waals surface area contributed by atoms with Crippen molar-refractivity contribution in [3.8, 4) is 0 Å². The van der Waals surface area contributed by atoms with Crippen molar-refractivity contribution in [2.45, 2.75) is 70.7 Å². The van der Waals surface area contributed by atoms with Crippen molar-refractivity contribution in [1.29, 1.82) is 0 Å². The van der Waals surface area contributed by atoms with E-state index >= 15 is 0 Å². The summed E-state index contributed by atoms with van der Waals surface area (Å²) in [5.74, 6) is -0.143. The molecule has 34 heavy (non-hydrogen) atoms. The molecule has 3 atom stereocenters. The van der Waals surface area contributed by atoms with Gasteiger partial charge in [0, 0.05) is 36.1 Å². The molecule has 3 heterocycles. The molecule has 2 amide bonds. The van der Waals surface area contributed by atoms with Gasteiger partial charge in [-0.3, -0.25) is 9.18 Å². The van der Waals surface area contributed by atoms with Gasteiger partial charge in [0.25, 0.3) is 5.91 Å². The number of methoxy groups -OCH3 is 1. The second-order valence-electron chi connectivity index (χ2n) is 9.28. The number of hydrogen-bond acceptors (Lipinski definition) is 6. The smallest absolute Gasteiger partial charge is 0.406 e. The molecule has 1 saturated heterocycles. The van der Waals surface area contributed by atoms with Crippen molar-refractivity contribution in [2.24, 2.45) is 5.92 Å². The molecule has 2 aromatic rings. The molecule has 1 aliphatic carbocycles. The van der Waals surface area contributed by atoms with E-state index < -0.39 is 18.9 Å².